The molecular weight excluding hydrogens is 204 g/mol. The average molecular weight is 222 g/mol. The van der Waals surface area contributed by atoms with Crippen LogP contribution >= 0.6 is 0 Å². The smallest absolute Gasteiger partial charge is 0.142 e. The van der Waals surface area contributed by atoms with Crippen LogP contribution in [0, 0.1) is 0 Å². The maximum atomic E-state index is 5.34. The number of hydrogen-bond acceptors (Lipinski definition) is 5. The van der Waals surface area contributed by atoms with E-state index in [-0.39, 0.29) is 0 Å². The Morgan fingerprint density at radius 2 is 2.19 bits per heavy atom. The van der Waals surface area contributed by atoms with Gasteiger partial charge in [0.2, 0.25) is 0 Å². The molecule has 16 heavy (non-hydrogen) atoms. The summed E-state index contributed by atoms with van der Waals surface area (Å²) in [5, 5.41) is 0. The Balaban J connectivity index is 2.02. The lowest BCUT2D eigenvalue weighted by Crippen LogP contribution is -2.37. The minimum atomic E-state index is 0.395. The number of anilines is 2. The Kier molecular flexibility index (Phi) is 3.58. The van der Waals surface area contributed by atoms with E-state index in [0.29, 0.717) is 11.9 Å². The van der Waals surface area contributed by atoms with Gasteiger partial charge in [-0.2, -0.15) is 0 Å². The molecule has 1 aromatic heterocycles. The summed E-state index contributed by atoms with van der Waals surface area (Å²) >= 11 is 0. The van der Waals surface area contributed by atoms with Gasteiger partial charge in [-0.05, 0) is 25.0 Å². The highest BCUT2D eigenvalue weighted by Gasteiger charge is 2.19. The van der Waals surface area contributed by atoms with E-state index in [9.17, 15) is 0 Å². The predicted molar refractivity (Wildman–Crippen MR) is 64.3 cm³/mol. The van der Waals surface area contributed by atoms with Gasteiger partial charge in [-0.1, -0.05) is 6.07 Å². The lowest BCUT2D eigenvalue weighted by Gasteiger charge is -2.32. The van der Waals surface area contributed by atoms with Gasteiger partial charge in [-0.15, -0.1) is 0 Å². The van der Waals surface area contributed by atoms with Gasteiger partial charge in [-0.25, -0.2) is 10.8 Å². The molecule has 0 aliphatic carbocycles. The summed E-state index contributed by atoms with van der Waals surface area (Å²) in [7, 11) is 1.78. The number of hydrazine groups is 1. The number of rotatable bonds is 3. The van der Waals surface area contributed by atoms with E-state index >= 15 is 0 Å². The molecule has 2 rings (SSSR count). The standard InChI is InChI=1S/C11H18N4O/c1-16-9-5-7-15(8-6-9)11-4-2-3-10(13-11)14-12/h2-4,9H,5-8,12H2,1H3,(H,13,14). The first-order valence-corrected chi connectivity index (χ1v) is 5.55. The van der Waals surface area contributed by atoms with Crippen molar-refractivity contribution >= 4 is 11.6 Å². The van der Waals surface area contributed by atoms with Crippen LogP contribution in [0.5, 0.6) is 0 Å². The fourth-order valence-electron chi connectivity index (χ4n) is 2.00. The number of nitrogens with zero attached hydrogens (tertiary/aromatic N) is 2. The van der Waals surface area contributed by atoms with E-state index in [1.165, 1.54) is 0 Å². The molecule has 0 unspecified atom stereocenters. The summed E-state index contributed by atoms with van der Waals surface area (Å²) in [6, 6.07) is 5.82. The van der Waals surface area contributed by atoms with Crippen molar-refractivity contribution in [2.75, 3.05) is 30.5 Å². The van der Waals surface area contributed by atoms with E-state index in [2.05, 4.69) is 15.3 Å². The molecule has 3 N–H and O–H groups in total. The first-order chi connectivity index (χ1) is 7.83. The van der Waals surface area contributed by atoms with Crippen molar-refractivity contribution in [3.63, 3.8) is 0 Å². The largest absolute Gasteiger partial charge is 0.381 e. The van der Waals surface area contributed by atoms with Crippen LogP contribution in [0.4, 0.5) is 11.6 Å². The minimum absolute atomic E-state index is 0.395. The Morgan fingerprint density at radius 1 is 1.44 bits per heavy atom. The molecule has 1 fully saturated rings. The zero-order valence-electron chi connectivity index (χ0n) is 9.52. The van der Waals surface area contributed by atoms with Gasteiger partial charge in [0.05, 0.1) is 6.10 Å². The normalized spacial score (nSPS) is 17.5. The van der Waals surface area contributed by atoms with Crippen molar-refractivity contribution in [1.29, 1.82) is 0 Å². The fourth-order valence-corrected chi connectivity index (χ4v) is 2.00. The van der Waals surface area contributed by atoms with Crippen molar-refractivity contribution in [2.45, 2.75) is 18.9 Å². The second-order valence-corrected chi connectivity index (χ2v) is 3.95. The van der Waals surface area contributed by atoms with E-state index in [1.54, 1.807) is 7.11 Å². The molecule has 0 amide bonds. The molecule has 1 aromatic rings. The number of pyridine rings is 1. The Labute approximate surface area is 95.6 Å². The molecule has 0 spiro atoms. The summed E-state index contributed by atoms with van der Waals surface area (Å²) in [5.41, 5.74) is 2.56. The molecule has 5 nitrogen and oxygen atoms in total. The number of piperidine rings is 1. The van der Waals surface area contributed by atoms with Crippen LogP contribution in [0.1, 0.15) is 12.8 Å². The third-order valence-corrected chi connectivity index (χ3v) is 2.98. The van der Waals surface area contributed by atoms with Gasteiger partial charge in [0.25, 0.3) is 0 Å². The van der Waals surface area contributed by atoms with Gasteiger partial charge < -0.3 is 15.1 Å². The molecule has 1 aliphatic heterocycles. The molecule has 0 bridgehead atoms. The summed E-state index contributed by atoms with van der Waals surface area (Å²) < 4.78 is 5.34. The molecule has 0 aromatic carbocycles. The van der Waals surface area contributed by atoms with Crippen molar-refractivity contribution < 1.29 is 4.74 Å². The SMILES string of the molecule is COC1CCN(c2cccc(NN)n2)CC1. The second kappa shape index (κ2) is 5.14. The Hall–Kier alpha value is -1.33. The molecule has 0 radical (unpaired) electrons. The van der Waals surface area contributed by atoms with Crippen LogP contribution in [0.3, 0.4) is 0 Å². The predicted octanol–water partition coefficient (Wildman–Crippen LogP) is 0.982. The molecule has 0 atom stereocenters. The third-order valence-electron chi connectivity index (χ3n) is 2.98. The molecule has 2 heterocycles. The maximum absolute atomic E-state index is 5.34. The number of ether oxygens (including phenoxy) is 1. The first-order valence-electron chi connectivity index (χ1n) is 5.55. The second-order valence-electron chi connectivity index (χ2n) is 3.95. The van der Waals surface area contributed by atoms with E-state index in [1.807, 2.05) is 18.2 Å². The third kappa shape index (κ3) is 2.43. The van der Waals surface area contributed by atoms with Crippen LogP contribution in [0.25, 0.3) is 0 Å². The topological polar surface area (TPSA) is 63.4 Å². The Morgan fingerprint density at radius 3 is 2.81 bits per heavy atom. The van der Waals surface area contributed by atoms with Crippen LogP contribution in [-0.2, 0) is 4.74 Å². The zero-order chi connectivity index (χ0) is 11.4. The number of nitrogens with two attached hydrogens (primary N) is 1. The molecule has 1 saturated heterocycles. The van der Waals surface area contributed by atoms with Gasteiger partial charge in [0.1, 0.15) is 11.6 Å². The Bertz CT molecular complexity index is 337. The number of nitrogen functional groups attached to an aromatic ring is 1. The van der Waals surface area contributed by atoms with Crippen molar-refractivity contribution in [3.05, 3.63) is 18.2 Å². The molecule has 88 valence electrons. The van der Waals surface area contributed by atoms with Gasteiger partial charge in [-0.3, -0.25) is 0 Å². The first kappa shape index (κ1) is 11.2. The van der Waals surface area contributed by atoms with Crippen LogP contribution in [0.15, 0.2) is 18.2 Å². The maximum Gasteiger partial charge on any atom is 0.142 e. The molecule has 1 aliphatic rings. The number of methoxy groups -OCH3 is 1. The summed E-state index contributed by atoms with van der Waals surface area (Å²) in [6.45, 7) is 1.97. The molecule has 5 heteroatoms. The fraction of sp³-hybridized carbons (Fsp3) is 0.545. The minimum Gasteiger partial charge on any atom is -0.381 e. The number of hydrogen-bond donors (Lipinski definition) is 2. The van der Waals surface area contributed by atoms with Crippen molar-refractivity contribution in [3.8, 4) is 0 Å². The zero-order valence-corrected chi connectivity index (χ0v) is 9.52. The van der Waals surface area contributed by atoms with Crippen LogP contribution < -0.4 is 16.2 Å². The average Bonchev–Trinajstić information content (AvgIpc) is 2.39. The summed E-state index contributed by atoms with van der Waals surface area (Å²) in [4.78, 5) is 6.68. The number of nitrogens with one attached hydrogen (secondary N) is 1. The van der Waals surface area contributed by atoms with Gasteiger partial charge in [0, 0.05) is 20.2 Å². The molecule has 0 saturated carbocycles. The number of aromatic nitrogens is 1. The summed E-state index contributed by atoms with van der Waals surface area (Å²) in [6.07, 6.45) is 2.50. The van der Waals surface area contributed by atoms with Crippen molar-refractivity contribution in [1.82, 2.24) is 4.98 Å². The monoisotopic (exact) mass is 222 g/mol. The van der Waals surface area contributed by atoms with Crippen LogP contribution in [0.2, 0.25) is 0 Å². The van der Waals surface area contributed by atoms with Gasteiger partial charge in [0.15, 0.2) is 0 Å². The highest BCUT2D eigenvalue weighted by molar-refractivity contribution is 5.46. The van der Waals surface area contributed by atoms with E-state index < -0.39 is 0 Å². The lowest BCUT2D eigenvalue weighted by atomic mass is 10.1. The van der Waals surface area contributed by atoms with E-state index in [4.69, 9.17) is 10.6 Å². The lowest BCUT2D eigenvalue weighted by molar-refractivity contribution is 0.0818. The van der Waals surface area contributed by atoms with E-state index in [0.717, 1.165) is 31.7 Å². The molecular formula is C11H18N4O. The van der Waals surface area contributed by atoms with Crippen molar-refractivity contribution in [2.24, 2.45) is 5.84 Å². The highest BCUT2D eigenvalue weighted by atomic mass is 16.5. The van der Waals surface area contributed by atoms with Crippen LogP contribution in [-0.4, -0.2) is 31.3 Å². The summed E-state index contributed by atoms with van der Waals surface area (Å²) in [5.74, 6) is 7.02. The quantitative estimate of drug-likeness (QED) is 0.589. The van der Waals surface area contributed by atoms with Gasteiger partial charge >= 0.3 is 0 Å². The highest BCUT2D eigenvalue weighted by Crippen LogP contribution is 2.20.